The van der Waals surface area contributed by atoms with Crippen molar-refractivity contribution in [2.24, 2.45) is 11.8 Å². The van der Waals surface area contributed by atoms with Crippen LogP contribution in [0.3, 0.4) is 0 Å². The quantitative estimate of drug-likeness (QED) is 0.818. The minimum atomic E-state index is -3.56. The molecule has 6 nitrogen and oxygen atoms in total. The van der Waals surface area contributed by atoms with Gasteiger partial charge in [-0.2, -0.15) is 17.4 Å². The van der Waals surface area contributed by atoms with Crippen LogP contribution in [0.2, 0.25) is 0 Å². The molecule has 1 aromatic carbocycles. The van der Waals surface area contributed by atoms with E-state index in [-0.39, 0.29) is 36.0 Å². The molecule has 0 unspecified atom stereocenters. The zero-order chi connectivity index (χ0) is 18.8. The fourth-order valence-electron chi connectivity index (χ4n) is 3.02. The fourth-order valence-corrected chi connectivity index (χ4v) is 3.86. The van der Waals surface area contributed by atoms with E-state index in [4.69, 9.17) is 0 Å². The third kappa shape index (κ3) is 4.99. The van der Waals surface area contributed by atoms with Crippen molar-refractivity contribution in [3.8, 4) is 0 Å². The van der Waals surface area contributed by atoms with Gasteiger partial charge in [0.15, 0.2) is 0 Å². The van der Waals surface area contributed by atoms with Crippen LogP contribution in [0, 0.1) is 17.7 Å². The van der Waals surface area contributed by atoms with Crippen molar-refractivity contribution >= 4 is 16.1 Å². The maximum absolute atomic E-state index is 13.0. The Morgan fingerprint density at radius 1 is 1.28 bits per heavy atom. The van der Waals surface area contributed by atoms with Gasteiger partial charge >= 0.3 is 0 Å². The fraction of sp³-hybridized carbons (Fsp3) is 0.588. The van der Waals surface area contributed by atoms with E-state index < -0.39 is 10.2 Å². The molecule has 140 valence electrons. The van der Waals surface area contributed by atoms with Crippen LogP contribution in [0.1, 0.15) is 19.4 Å². The lowest BCUT2D eigenvalue weighted by Gasteiger charge is -2.24. The normalized spacial score (nSPS) is 21.3. The highest BCUT2D eigenvalue weighted by Crippen LogP contribution is 2.26. The van der Waals surface area contributed by atoms with E-state index in [1.54, 1.807) is 17.0 Å². The van der Waals surface area contributed by atoms with Crippen LogP contribution in [0.15, 0.2) is 24.3 Å². The van der Waals surface area contributed by atoms with E-state index >= 15 is 0 Å². The number of halogens is 1. The topological polar surface area (TPSA) is 69.7 Å². The lowest BCUT2D eigenvalue weighted by atomic mass is 9.92. The summed E-state index contributed by atoms with van der Waals surface area (Å²) in [5.41, 5.74) is 0.741. The minimum Gasteiger partial charge on any atom is -0.340 e. The second-order valence-electron chi connectivity index (χ2n) is 7.02. The monoisotopic (exact) mass is 371 g/mol. The summed E-state index contributed by atoms with van der Waals surface area (Å²) in [6, 6.07) is 5.53. The first kappa shape index (κ1) is 19.8. The molecule has 0 radical (unpaired) electrons. The number of carbonyl (C=O) groups is 1. The molecule has 1 aliphatic heterocycles. The molecular weight excluding hydrogens is 345 g/mol. The maximum atomic E-state index is 13.0. The van der Waals surface area contributed by atoms with Crippen molar-refractivity contribution in [2.75, 3.05) is 27.2 Å². The van der Waals surface area contributed by atoms with Crippen molar-refractivity contribution in [3.63, 3.8) is 0 Å². The number of hydrogen-bond donors (Lipinski definition) is 1. The second kappa shape index (κ2) is 7.80. The summed E-state index contributed by atoms with van der Waals surface area (Å²) in [7, 11) is -0.614. The molecule has 8 heteroatoms. The number of carbonyl (C=O) groups excluding carboxylic acids is 1. The maximum Gasteiger partial charge on any atom is 0.279 e. The van der Waals surface area contributed by atoms with Crippen LogP contribution >= 0.6 is 0 Å². The molecule has 0 spiro atoms. The van der Waals surface area contributed by atoms with E-state index in [1.165, 1.54) is 26.2 Å². The van der Waals surface area contributed by atoms with Gasteiger partial charge in [0.2, 0.25) is 5.91 Å². The van der Waals surface area contributed by atoms with Crippen LogP contribution < -0.4 is 4.72 Å². The van der Waals surface area contributed by atoms with Gasteiger partial charge in [0.25, 0.3) is 10.2 Å². The predicted octanol–water partition coefficient (Wildman–Crippen LogP) is 1.25. The SMILES string of the molecule is CC(C)[C@@H]1CN(C(=O)Cc2ccc(F)cc2)C[C@H]1NS(=O)(=O)N(C)C. The van der Waals surface area contributed by atoms with Crippen LogP contribution in [-0.2, 0) is 21.4 Å². The summed E-state index contributed by atoms with van der Waals surface area (Å²) in [6.45, 7) is 4.90. The first-order valence-corrected chi connectivity index (χ1v) is 9.76. The van der Waals surface area contributed by atoms with Crippen molar-refractivity contribution in [1.29, 1.82) is 0 Å². The Labute approximate surface area is 149 Å². The van der Waals surface area contributed by atoms with Gasteiger partial charge in [0.1, 0.15) is 5.82 Å². The Bertz CT molecular complexity index is 704. The summed E-state index contributed by atoms with van der Waals surface area (Å²) in [5.74, 6) is -0.135. The average Bonchev–Trinajstić information content (AvgIpc) is 2.93. The van der Waals surface area contributed by atoms with Gasteiger partial charge in [-0.1, -0.05) is 26.0 Å². The van der Waals surface area contributed by atoms with Crippen LogP contribution in [0.4, 0.5) is 4.39 Å². The van der Waals surface area contributed by atoms with Gasteiger partial charge in [0.05, 0.1) is 6.42 Å². The molecule has 2 atom stereocenters. The number of likely N-dealkylation sites (tertiary alicyclic amines) is 1. The molecule has 1 heterocycles. The van der Waals surface area contributed by atoms with Crippen LogP contribution in [0.25, 0.3) is 0 Å². The molecule has 0 bridgehead atoms. The van der Waals surface area contributed by atoms with E-state index in [0.717, 1.165) is 9.87 Å². The molecule has 0 aliphatic carbocycles. The van der Waals surface area contributed by atoms with Crippen molar-refractivity contribution in [1.82, 2.24) is 13.9 Å². The highest BCUT2D eigenvalue weighted by atomic mass is 32.2. The van der Waals surface area contributed by atoms with Crippen molar-refractivity contribution in [3.05, 3.63) is 35.6 Å². The first-order valence-electron chi connectivity index (χ1n) is 8.32. The van der Waals surface area contributed by atoms with Gasteiger partial charge in [0, 0.05) is 33.2 Å². The molecule has 1 N–H and O–H groups in total. The van der Waals surface area contributed by atoms with Gasteiger partial charge < -0.3 is 4.90 Å². The number of nitrogens with one attached hydrogen (secondary N) is 1. The van der Waals surface area contributed by atoms with E-state index in [9.17, 15) is 17.6 Å². The Morgan fingerprint density at radius 3 is 2.40 bits per heavy atom. The standard InChI is InChI=1S/C17H26FN3O3S/c1-12(2)15-10-21(11-16(15)19-25(23,24)20(3)4)17(22)9-13-5-7-14(18)8-6-13/h5-8,12,15-16,19H,9-11H2,1-4H3/t15-,16+/m0/s1. The van der Waals surface area contributed by atoms with Gasteiger partial charge in [-0.25, -0.2) is 4.39 Å². The zero-order valence-corrected chi connectivity index (χ0v) is 15.9. The Balaban J connectivity index is 2.07. The summed E-state index contributed by atoms with van der Waals surface area (Å²) in [5, 5.41) is 0. The lowest BCUT2D eigenvalue weighted by Crippen LogP contribution is -2.46. The smallest absolute Gasteiger partial charge is 0.279 e. The Kier molecular flexibility index (Phi) is 6.18. The molecule has 0 aromatic heterocycles. The number of hydrogen-bond acceptors (Lipinski definition) is 3. The molecule has 2 rings (SSSR count). The number of rotatable bonds is 6. The third-order valence-electron chi connectivity index (χ3n) is 4.62. The van der Waals surface area contributed by atoms with Crippen LogP contribution in [-0.4, -0.2) is 56.8 Å². The van der Waals surface area contributed by atoms with E-state index in [0.29, 0.717) is 13.1 Å². The largest absolute Gasteiger partial charge is 0.340 e. The minimum absolute atomic E-state index is 0.0480. The van der Waals surface area contributed by atoms with Gasteiger partial charge in [-0.15, -0.1) is 0 Å². The summed E-state index contributed by atoms with van der Waals surface area (Å²) in [4.78, 5) is 14.2. The Hall–Kier alpha value is -1.51. The predicted molar refractivity (Wildman–Crippen MR) is 94.5 cm³/mol. The highest BCUT2D eigenvalue weighted by Gasteiger charge is 2.39. The van der Waals surface area contributed by atoms with Gasteiger partial charge in [-0.05, 0) is 29.5 Å². The lowest BCUT2D eigenvalue weighted by molar-refractivity contribution is -0.129. The molecule has 1 fully saturated rings. The highest BCUT2D eigenvalue weighted by molar-refractivity contribution is 7.87. The third-order valence-corrected chi connectivity index (χ3v) is 6.19. The molecule has 1 aromatic rings. The molecular formula is C17H26FN3O3S. The molecule has 0 saturated carbocycles. The van der Waals surface area contributed by atoms with Crippen molar-refractivity contribution in [2.45, 2.75) is 26.3 Å². The number of benzene rings is 1. The van der Waals surface area contributed by atoms with Crippen LogP contribution in [0.5, 0.6) is 0 Å². The number of amides is 1. The Morgan fingerprint density at radius 2 is 1.88 bits per heavy atom. The van der Waals surface area contributed by atoms with E-state index in [1.807, 2.05) is 13.8 Å². The first-order chi connectivity index (χ1) is 11.6. The molecule has 1 saturated heterocycles. The summed E-state index contributed by atoms with van der Waals surface area (Å²) >= 11 is 0. The summed E-state index contributed by atoms with van der Waals surface area (Å²) in [6.07, 6.45) is 0.179. The second-order valence-corrected chi connectivity index (χ2v) is 8.94. The summed E-state index contributed by atoms with van der Waals surface area (Å²) < 4.78 is 41.1. The number of nitrogens with zero attached hydrogens (tertiary/aromatic N) is 2. The molecule has 25 heavy (non-hydrogen) atoms. The molecule has 1 amide bonds. The van der Waals surface area contributed by atoms with Crippen molar-refractivity contribution < 1.29 is 17.6 Å². The van der Waals surface area contributed by atoms with Gasteiger partial charge in [-0.3, -0.25) is 4.79 Å². The van der Waals surface area contributed by atoms with E-state index in [2.05, 4.69) is 4.72 Å². The molecule has 1 aliphatic rings. The average molecular weight is 371 g/mol. The zero-order valence-electron chi connectivity index (χ0n) is 15.1.